The number of nitrogen functional groups attached to an aromatic ring is 1. The number of rotatable bonds is 3. The van der Waals surface area contributed by atoms with Gasteiger partial charge in [0.25, 0.3) is 0 Å². The lowest BCUT2D eigenvalue weighted by molar-refractivity contribution is 0.307. The zero-order valence-corrected chi connectivity index (χ0v) is 11.6. The van der Waals surface area contributed by atoms with Crippen LogP contribution in [-0.2, 0) is 5.54 Å². The third kappa shape index (κ3) is 1.85. The Hall–Kier alpha value is -1.29. The highest BCUT2D eigenvalue weighted by atomic mass is 35.5. The number of halogens is 2. The summed E-state index contributed by atoms with van der Waals surface area (Å²) in [5.41, 5.74) is 7.16. The average molecular weight is 270 g/mol. The fraction of sp³-hybridized carbons (Fsp3) is 0.462. The van der Waals surface area contributed by atoms with Crippen molar-refractivity contribution in [2.75, 3.05) is 5.73 Å². The molecule has 0 radical (unpaired) electrons. The van der Waals surface area contributed by atoms with Crippen LogP contribution in [0, 0.1) is 5.82 Å². The number of nitrogens with zero attached hydrogens (tertiary/aromatic N) is 2. The molecule has 5 heteroatoms. The first-order valence-corrected chi connectivity index (χ1v) is 6.44. The monoisotopic (exact) mass is 269 g/mol. The number of hydrogen-bond acceptors (Lipinski definition) is 2. The van der Waals surface area contributed by atoms with E-state index >= 15 is 0 Å². The molecule has 18 heavy (non-hydrogen) atoms. The lowest BCUT2D eigenvalue weighted by atomic mass is 9.95. The summed E-state index contributed by atoms with van der Waals surface area (Å²) in [5, 5.41) is 0.0956. The molecule has 2 aromatic rings. The maximum atomic E-state index is 13.4. The smallest absolute Gasteiger partial charge is 0.201 e. The molecule has 0 aliphatic rings. The molecule has 0 spiro atoms. The number of imidazole rings is 1. The predicted octanol–water partition coefficient (Wildman–Crippen LogP) is 3.95. The number of hydrogen-bond donors (Lipinski definition) is 1. The van der Waals surface area contributed by atoms with E-state index < -0.39 is 5.82 Å². The van der Waals surface area contributed by atoms with Crippen LogP contribution in [0.4, 0.5) is 10.3 Å². The van der Waals surface area contributed by atoms with Crippen molar-refractivity contribution in [3.8, 4) is 0 Å². The lowest BCUT2D eigenvalue weighted by Crippen LogP contribution is -2.29. The van der Waals surface area contributed by atoms with Crippen molar-refractivity contribution < 1.29 is 4.39 Å². The third-order valence-corrected chi connectivity index (χ3v) is 4.08. The first-order valence-electron chi connectivity index (χ1n) is 6.06. The van der Waals surface area contributed by atoms with Crippen molar-refractivity contribution in [3.63, 3.8) is 0 Å². The van der Waals surface area contributed by atoms with Crippen LogP contribution >= 0.6 is 11.6 Å². The van der Waals surface area contributed by atoms with E-state index in [0.717, 1.165) is 18.4 Å². The SMILES string of the molecule is CCC(C)(CC)n1c(N)nc2cc(F)c(Cl)cc21. The quantitative estimate of drug-likeness (QED) is 0.917. The maximum absolute atomic E-state index is 13.4. The van der Waals surface area contributed by atoms with Gasteiger partial charge in [0.05, 0.1) is 16.1 Å². The Balaban J connectivity index is 2.78. The van der Waals surface area contributed by atoms with Crippen molar-refractivity contribution in [2.24, 2.45) is 0 Å². The average Bonchev–Trinajstić information content (AvgIpc) is 2.65. The van der Waals surface area contributed by atoms with Crippen molar-refractivity contribution >= 4 is 28.6 Å². The number of anilines is 1. The van der Waals surface area contributed by atoms with Gasteiger partial charge in [0.2, 0.25) is 5.95 Å². The molecule has 0 saturated heterocycles. The summed E-state index contributed by atoms with van der Waals surface area (Å²) >= 11 is 5.85. The zero-order valence-electron chi connectivity index (χ0n) is 10.8. The Morgan fingerprint density at radius 3 is 2.56 bits per heavy atom. The first kappa shape index (κ1) is 13.1. The molecular weight excluding hydrogens is 253 g/mol. The van der Waals surface area contributed by atoms with Crippen LogP contribution in [0.3, 0.4) is 0 Å². The van der Waals surface area contributed by atoms with E-state index in [1.54, 1.807) is 6.07 Å². The van der Waals surface area contributed by atoms with Crippen LogP contribution in [0.1, 0.15) is 33.6 Å². The van der Waals surface area contributed by atoms with Gasteiger partial charge in [-0.25, -0.2) is 9.37 Å². The second-order valence-corrected chi connectivity index (χ2v) is 5.17. The number of fused-ring (bicyclic) bond motifs is 1. The highest BCUT2D eigenvalue weighted by molar-refractivity contribution is 6.31. The summed E-state index contributed by atoms with van der Waals surface area (Å²) in [6.45, 7) is 6.31. The van der Waals surface area contributed by atoms with Crippen molar-refractivity contribution in [1.82, 2.24) is 9.55 Å². The highest BCUT2D eigenvalue weighted by Gasteiger charge is 2.27. The lowest BCUT2D eigenvalue weighted by Gasteiger charge is -2.30. The van der Waals surface area contributed by atoms with Crippen molar-refractivity contribution in [2.45, 2.75) is 39.2 Å². The van der Waals surface area contributed by atoms with Gasteiger partial charge >= 0.3 is 0 Å². The van der Waals surface area contributed by atoms with Crippen LogP contribution in [0.5, 0.6) is 0 Å². The van der Waals surface area contributed by atoms with Gasteiger partial charge in [-0.2, -0.15) is 0 Å². The van der Waals surface area contributed by atoms with Gasteiger partial charge < -0.3 is 10.3 Å². The summed E-state index contributed by atoms with van der Waals surface area (Å²) in [5.74, 6) is -0.0682. The molecule has 0 fully saturated rings. The number of aromatic nitrogens is 2. The minimum Gasteiger partial charge on any atom is -0.369 e. The van der Waals surface area contributed by atoms with Gasteiger partial charge in [-0.15, -0.1) is 0 Å². The number of benzene rings is 1. The van der Waals surface area contributed by atoms with Crippen LogP contribution in [-0.4, -0.2) is 9.55 Å². The summed E-state index contributed by atoms with van der Waals surface area (Å²) < 4.78 is 15.4. The zero-order chi connectivity index (χ0) is 13.5. The van der Waals surface area contributed by atoms with E-state index in [1.807, 2.05) is 4.57 Å². The first-order chi connectivity index (χ1) is 8.42. The molecule has 0 bridgehead atoms. The van der Waals surface area contributed by atoms with E-state index in [4.69, 9.17) is 17.3 Å². The molecule has 2 rings (SSSR count). The molecule has 1 heterocycles. The molecule has 0 aliphatic heterocycles. The highest BCUT2D eigenvalue weighted by Crippen LogP contribution is 2.33. The van der Waals surface area contributed by atoms with Gasteiger partial charge in [-0.3, -0.25) is 0 Å². The van der Waals surface area contributed by atoms with E-state index in [2.05, 4.69) is 25.8 Å². The Labute approximate surface area is 111 Å². The minimum atomic E-state index is -0.469. The van der Waals surface area contributed by atoms with Crippen molar-refractivity contribution in [1.29, 1.82) is 0 Å². The Kier molecular flexibility index (Phi) is 3.23. The van der Waals surface area contributed by atoms with Gasteiger partial charge in [0, 0.05) is 11.6 Å². The standard InChI is InChI=1S/C13H17ClFN3/c1-4-13(3,5-2)18-11-6-8(14)9(15)7-10(11)17-12(18)16/h6-7H,4-5H2,1-3H3,(H2,16,17). The topological polar surface area (TPSA) is 43.8 Å². The van der Waals surface area contributed by atoms with E-state index in [1.165, 1.54) is 6.07 Å². The van der Waals surface area contributed by atoms with Gasteiger partial charge in [-0.1, -0.05) is 25.4 Å². The Morgan fingerprint density at radius 2 is 2.00 bits per heavy atom. The molecule has 0 unspecified atom stereocenters. The maximum Gasteiger partial charge on any atom is 0.201 e. The van der Waals surface area contributed by atoms with Gasteiger partial charge in [-0.05, 0) is 25.8 Å². The summed E-state index contributed by atoms with van der Waals surface area (Å²) in [6, 6.07) is 2.93. The fourth-order valence-electron chi connectivity index (χ4n) is 2.22. The Bertz CT molecular complexity index is 587. The summed E-state index contributed by atoms with van der Waals surface area (Å²) in [4.78, 5) is 4.22. The van der Waals surface area contributed by atoms with E-state index in [0.29, 0.717) is 11.5 Å². The van der Waals surface area contributed by atoms with E-state index in [9.17, 15) is 4.39 Å². The van der Waals surface area contributed by atoms with Crippen LogP contribution in [0.25, 0.3) is 11.0 Å². The van der Waals surface area contributed by atoms with Crippen LogP contribution < -0.4 is 5.73 Å². The molecule has 3 nitrogen and oxygen atoms in total. The van der Waals surface area contributed by atoms with Crippen molar-refractivity contribution in [3.05, 3.63) is 23.0 Å². The summed E-state index contributed by atoms with van der Waals surface area (Å²) in [6.07, 6.45) is 1.82. The van der Waals surface area contributed by atoms with Crippen LogP contribution in [0.15, 0.2) is 12.1 Å². The molecule has 1 aromatic heterocycles. The third-order valence-electron chi connectivity index (χ3n) is 3.79. The molecule has 0 amide bonds. The second kappa shape index (κ2) is 4.43. The molecule has 1 aromatic carbocycles. The van der Waals surface area contributed by atoms with Gasteiger partial charge in [0.15, 0.2) is 0 Å². The van der Waals surface area contributed by atoms with Gasteiger partial charge in [0.1, 0.15) is 5.82 Å². The predicted molar refractivity (Wildman–Crippen MR) is 73.3 cm³/mol. The largest absolute Gasteiger partial charge is 0.369 e. The molecule has 98 valence electrons. The number of nitrogens with two attached hydrogens (primary N) is 1. The molecule has 0 atom stereocenters. The fourth-order valence-corrected chi connectivity index (χ4v) is 2.38. The second-order valence-electron chi connectivity index (χ2n) is 4.76. The molecular formula is C13H17ClFN3. The minimum absolute atomic E-state index is 0.0956. The Morgan fingerprint density at radius 1 is 1.39 bits per heavy atom. The summed E-state index contributed by atoms with van der Waals surface area (Å²) in [7, 11) is 0. The van der Waals surface area contributed by atoms with Crippen LogP contribution in [0.2, 0.25) is 5.02 Å². The molecule has 0 saturated carbocycles. The normalized spacial score (nSPS) is 12.3. The molecule has 2 N–H and O–H groups in total. The molecule has 0 aliphatic carbocycles. The van der Waals surface area contributed by atoms with E-state index in [-0.39, 0.29) is 10.6 Å².